The van der Waals surface area contributed by atoms with Crippen LogP contribution in [0.1, 0.15) is 10.4 Å². The minimum absolute atomic E-state index is 0.0443. The molecule has 0 saturated heterocycles. The average Bonchev–Trinajstić information content (AvgIpc) is 2.41. The van der Waals surface area contributed by atoms with E-state index in [1.165, 1.54) is 18.5 Å². The van der Waals surface area contributed by atoms with Gasteiger partial charge in [0.2, 0.25) is 0 Å². The van der Waals surface area contributed by atoms with Crippen molar-refractivity contribution < 1.29 is 19.6 Å². The van der Waals surface area contributed by atoms with E-state index in [1.54, 1.807) is 0 Å². The van der Waals surface area contributed by atoms with Gasteiger partial charge in [-0.05, 0) is 6.07 Å². The molecule has 0 amide bonds. The molecule has 0 aliphatic rings. The average molecular weight is 277 g/mol. The molecule has 0 bridgehead atoms. The van der Waals surface area contributed by atoms with Gasteiger partial charge in [0.1, 0.15) is 11.3 Å². The van der Waals surface area contributed by atoms with Crippen molar-refractivity contribution in [2.75, 3.05) is 0 Å². The SMILES string of the molecule is O=C(O)c1cc(Oc2ncc[nH]c2=O)ccc1[N+](=O)[O-]. The number of ether oxygens (including phenoxy) is 1. The van der Waals surface area contributed by atoms with Crippen molar-refractivity contribution in [2.24, 2.45) is 0 Å². The molecule has 0 unspecified atom stereocenters. The summed E-state index contributed by atoms with van der Waals surface area (Å²) in [6, 6.07) is 3.11. The van der Waals surface area contributed by atoms with E-state index < -0.39 is 27.7 Å². The fraction of sp³-hybridized carbons (Fsp3) is 0. The molecule has 0 aliphatic heterocycles. The van der Waals surface area contributed by atoms with E-state index in [0.29, 0.717) is 0 Å². The molecule has 0 atom stereocenters. The van der Waals surface area contributed by atoms with Crippen LogP contribution in [0.15, 0.2) is 35.4 Å². The maximum Gasteiger partial charge on any atom is 0.342 e. The molecule has 102 valence electrons. The molecule has 9 nitrogen and oxygen atoms in total. The summed E-state index contributed by atoms with van der Waals surface area (Å²) in [6.45, 7) is 0. The molecule has 2 aromatic rings. The van der Waals surface area contributed by atoms with E-state index in [4.69, 9.17) is 9.84 Å². The van der Waals surface area contributed by atoms with Crippen LogP contribution in [0.4, 0.5) is 5.69 Å². The van der Waals surface area contributed by atoms with Gasteiger partial charge in [0, 0.05) is 24.5 Å². The lowest BCUT2D eigenvalue weighted by Gasteiger charge is -2.04. The van der Waals surface area contributed by atoms with Crippen molar-refractivity contribution in [3.05, 3.63) is 56.6 Å². The zero-order valence-corrected chi connectivity index (χ0v) is 9.77. The maximum absolute atomic E-state index is 11.3. The summed E-state index contributed by atoms with van der Waals surface area (Å²) in [7, 11) is 0. The number of carboxylic acid groups (broad SMARTS) is 1. The van der Waals surface area contributed by atoms with Crippen LogP contribution >= 0.6 is 0 Å². The van der Waals surface area contributed by atoms with Gasteiger partial charge >= 0.3 is 11.5 Å². The Hall–Kier alpha value is -3.23. The molecule has 1 aromatic heterocycles. The number of aromatic nitrogens is 2. The third-order valence-corrected chi connectivity index (χ3v) is 2.28. The van der Waals surface area contributed by atoms with Crippen LogP contribution in [0.3, 0.4) is 0 Å². The molecule has 0 fully saturated rings. The van der Waals surface area contributed by atoms with E-state index in [-0.39, 0.29) is 11.6 Å². The Labute approximate surface area is 110 Å². The summed E-state index contributed by atoms with van der Waals surface area (Å²) < 4.78 is 5.09. The topological polar surface area (TPSA) is 135 Å². The summed E-state index contributed by atoms with van der Waals surface area (Å²) in [5, 5.41) is 19.6. The van der Waals surface area contributed by atoms with Crippen molar-refractivity contribution >= 4 is 11.7 Å². The monoisotopic (exact) mass is 277 g/mol. The summed E-state index contributed by atoms with van der Waals surface area (Å²) in [4.78, 5) is 38.1. The second kappa shape index (κ2) is 5.18. The van der Waals surface area contributed by atoms with Crippen molar-refractivity contribution in [2.45, 2.75) is 0 Å². The molecule has 0 saturated carbocycles. The van der Waals surface area contributed by atoms with Gasteiger partial charge in [-0.1, -0.05) is 0 Å². The molecular formula is C11H7N3O6. The number of carbonyl (C=O) groups is 1. The first kappa shape index (κ1) is 13.2. The first-order valence-corrected chi connectivity index (χ1v) is 5.22. The van der Waals surface area contributed by atoms with Crippen LogP contribution in [0.5, 0.6) is 11.6 Å². The Morgan fingerprint density at radius 2 is 2.20 bits per heavy atom. The highest BCUT2D eigenvalue weighted by molar-refractivity contribution is 5.92. The number of carboxylic acids is 1. The van der Waals surface area contributed by atoms with Gasteiger partial charge in [-0.3, -0.25) is 14.9 Å². The van der Waals surface area contributed by atoms with E-state index in [9.17, 15) is 19.7 Å². The van der Waals surface area contributed by atoms with Crippen LogP contribution in [0.25, 0.3) is 0 Å². The Bertz CT molecular complexity index is 739. The van der Waals surface area contributed by atoms with Gasteiger partial charge < -0.3 is 14.8 Å². The van der Waals surface area contributed by atoms with Gasteiger partial charge in [0.15, 0.2) is 0 Å². The summed E-state index contributed by atoms with van der Waals surface area (Å²) in [6.07, 6.45) is 2.58. The number of hydrogen-bond acceptors (Lipinski definition) is 6. The van der Waals surface area contributed by atoms with Crippen molar-refractivity contribution in [1.82, 2.24) is 9.97 Å². The fourth-order valence-electron chi connectivity index (χ4n) is 1.43. The zero-order chi connectivity index (χ0) is 14.7. The molecule has 20 heavy (non-hydrogen) atoms. The van der Waals surface area contributed by atoms with Crippen molar-refractivity contribution in [3.8, 4) is 11.6 Å². The quantitative estimate of drug-likeness (QED) is 0.632. The Balaban J connectivity index is 2.42. The van der Waals surface area contributed by atoms with Gasteiger partial charge in [0.25, 0.3) is 11.6 Å². The van der Waals surface area contributed by atoms with E-state index in [1.807, 2.05) is 0 Å². The van der Waals surface area contributed by atoms with E-state index in [0.717, 1.165) is 12.1 Å². The van der Waals surface area contributed by atoms with Gasteiger partial charge in [-0.15, -0.1) is 0 Å². The number of aromatic amines is 1. The molecule has 1 aromatic carbocycles. The third kappa shape index (κ3) is 2.61. The highest BCUT2D eigenvalue weighted by atomic mass is 16.6. The standard InChI is InChI=1S/C11H7N3O6/c15-9-10(13-4-3-12-9)20-6-1-2-8(14(18)19)7(5-6)11(16)17/h1-5H,(H,12,15)(H,16,17). The second-order valence-corrected chi connectivity index (χ2v) is 3.57. The molecule has 9 heteroatoms. The molecule has 2 N–H and O–H groups in total. The van der Waals surface area contributed by atoms with Crippen LogP contribution in [0.2, 0.25) is 0 Å². The Morgan fingerprint density at radius 1 is 1.45 bits per heavy atom. The first-order chi connectivity index (χ1) is 9.49. The molecular weight excluding hydrogens is 270 g/mol. The Morgan fingerprint density at radius 3 is 2.80 bits per heavy atom. The normalized spacial score (nSPS) is 10.0. The lowest BCUT2D eigenvalue weighted by Crippen LogP contribution is -2.10. The summed E-state index contributed by atoms with van der Waals surface area (Å²) in [5.41, 5.74) is -1.72. The number of nitrogens with one attached hydrogen (secondary N) is 1. The lowest BCUT2D eigenvalue weighted by atomic mass is 10.1. The largest absolute Gasteiger partial charge is 0.477 e. The van der Waals surface area contributed by atoms with Crippen LogP contribution in [-0.4, -0.2) is 26.0 Å². The minimum atomic E-state index is -1.47. The van der Waals surface area contributed by atoms with Crippen LogP contribution in [-0.2, 0) is 0 Å². The molecule has 1 heterocycles. The molecule has 0 aliphatic carbocycles. The number of benzene rings is 1. The number of nitrogens with zero attached hydrogens (tertiary/aromatic N) is 2. The highest BCUT2D eigenvalue weighted by Gasteiger charge is 2.20. The van der Waals surface area contributed by atoms with Crippen molar-refractivity contribution in [1.29, 1.82) is 0 Å². The second-order valence-electron chi connectivity index (χ2n) is 3.57. The smallest absolute Gasteiger partial charge is 0.342 e. The fourth-order valence-corrected chi connectivity index (χ4v) is 1.43. The van der Waals surface area contributed by atoms with Crippen LogP contribution < -0.4 is 10.3 Å². The number of aromatic carboxylic acids is 1. The minimum Gasteiger partial charge on any atom is -0.477 e. The van der Waals surface area contributed by atoms with Gasteiger partial charge in [0.05, 0.1) is 4.92 Å². The first-order valence-electron chi connectivity index (χ1n) is 5.22. The van der Waals surface area contributed by atoms with Crippen LogP contribution in [0, 0.1) is 10.1 Å². The number of nitro benzene ring substituents is 1. The molecule has 2 rings (SSSR count). The third-order valence-electron chi connectivity index (χ3n) is 2.28. The number of nitro groups is 1. The zero-order valence-electron chi connectivity index (χ0n) is 9.77. The van der Waals surface area contributed by atoms with Crippen molar-refractivity contribution in [3.63, 3.8) is 0 Å². The van der Waals surface area contributed by atoms with Gasteiger partial charge in [-0.2, -0.15) is 0 Å². The lowest BCUT2D eigenvalue weighted by molar-refractivity contribution is -0.385. The Kier molecular flexibility index (Phi) is 3.42. The maximum atomic E-state index is 11.3. The number of rotatable bonds is 4. The van der Waals surface area contributed by atoms with Gasteiger partial charge in [-0.25, -0.2) is 9.78 Å². The summed E-state index contributed by atoms with van der Waals surface area (Å²) >= 11 is 0. The predicted octanol–water partition coefficient (Wildman–Crippen LogP) is 1.17. The van der Waals surface area contributed by atoms with E-state index >= 15 is 0 Å². The highest BCUT2D eigenvalue weighted by Crippen LogP contribution is 2.25. The molecule has 0 radical (unpaired) electrons. The summed E-state index contributed by atoms with van der Waals surface area (Å²) in [5.74, 6) is -1.81. The number of hydrogen-bond donors (Lipinski definition) is 2. The number of H-pyrrole nitrogens is 1. The van der Waals surface area contributed by atoms with E-state index in [2.05, 4.69) is 9.97 Å². The predicted molar refractivity (Wildman–Crippen MR) is 65.0 cm³/mol. The molecule has 0 spiro atoms.